The van der Waals surface area contributed by atoms with Crippen LogP contribution in [-0.4, -0.2) is 36.5 Å². The number of carboxylic acids is 1. The molecule has 0 atom stereocenters. The lowest BCUT2D eigenvalue weighted by Crippen LogP contribution is -2.17. The van der Waals surface area contributed by atoms with Gasteiger partial charge in [-0.15, -0.1) is 0 Å². The van der Waals surface area contributed by atoms with Gasteiger partial charge in [-0.1, -0.05) is 6.92 Å². The number of rotatable bonds is 6. The zero-order valence-corrected chi connectivity index (χ0v) is 11.9. The Morgan fingerprint density at radius 2 is 2.14 bits per heavy atom. The van der Waals surface area contributed by atoms with E-state index in [4.69, 9.17) is 5.11 Å². The van der Waals surface area contributed by atoms with Gasteiger partial charge in [0.2, 0.25) is 0 Å². The quantitative estimate of drug-likeness (QED) is 0.830. The van der Waals surface area contributed by atoms with E-state index in [1.807, 2.05) is 13.8 Å². The van der Waals surface area contributed by atoms with Crippen molar-refractivity contribution in [3.63, 3.8) is 0 Å². The van der Waals surface area contributed by atoms with Crippen molar-refractivity contribution in [2.45, 2.75) is 33.4 Å². The molecule has 8 nitrogen and oxygen atoms in total. The van der Waals surface area contributed by atoms with Gasteiger partial charge in [0.25, 0.3) is 5.91 Å². The summed E-state index contributed by atoms with van der Waals surface area (Å²) in [6, 6.07) is 3.26. The molecule has 2 aromatic rings. The van der Waals surface area contributed by atoms with Gasteiger partial charge >= 0.3 is 5.97 Å². The van der Waals surface area contributed by atoms with Crippen LogP contribution in [0.4, 0.5) is 5.82 Å². The van der Waals surface area contributed by atoms with Gasteiger partial charge in [-0.25, -0.2) is 4.68 Å². The van der Waals surface area contributed by atoms with Crippen LogP contribution < -0.4 is 5.32 Å². The fourth-order valence-electron chi connectivity index (χ4n) is 1.92. The first-order chi connectivity index (χ1) is 9.99. The van der Waals surface area contributed by atoms with Gasteiger partial charge in [-0.05, 0) is 19.4 Å². The number of hydrogen-bond donors (Lipinski definition) is 2. The molecule has 2 heterocycles. The maximum Gasteiger partial charge on any atom is 0.325 e. The highest BCUT2D eigenvalue weighted by Gasteiger charge is 2.14. The number of carbonyl (C=O) groups is 2. The minimum atomic E-state index is -1.01. The molecular weight excluding hydrogens is 274 g/mol. The molecule has 0 aliphatic heterocycles. The van der Waals surface area contributed by atoms with E-state index in [1.165, 1.54) is 16.9 Å². The summed E-state index contributed by atoms with van der Waals surface area (Å²) in [5.41, 5.74) is 0.980. The monoisotopic (exact) mass is 291 g/mol. The number of nitrogens with one attached hydrogen (secondary N) is 1. The van der Waals surface area contributed by atoms with Gasteiger partial charge in [-0.3, -0.25) is 14.3 Å². The highest BCUT2D eigenvalue weighted by molar-refractivity contribution is 6.02. The lowest BCUT2D eigenvalue weighted by Gasteiger charge is -2.06. The zero-order valence-electron chi connectivity index (χ0n) is 11.9. The molecule has 2 rings (SSSR count). The molecule has 0 bridgehead atoms. The van der Waals surface area contributed by atoms with Crippen LogP contribution in [0.2, 0.25) is 0 Å². The summed E-state index contributed by atoms with van der Waals surface area (Å²) in [6.07, 6.45) is 2.36. The van der Waals surface area contributed by atoms with E-state index < -0.39 is 11.9 Å². The number of aliphatic carboxylic acids is 1. The maximum absolute atomic E-state index is 12.1. The van der Waals surface area contributed by atoms with E-state index >= 15 is 0 Å². The third-order valence-electron chi connectivity index (χ3n) is 2.75. The third kappa shape index (κ3) is 3.68. The summed E-state index contributed by atoms with van der Waals surface area (Å²) in [5, 5.41) is 19.6. The van der Waals surface area contributed by atoms with Gasteiger partial charge in [0.15, 0.2) is 5.69 Å². The van der Waals surface area contributed by atoms with E-state index in [-0.39, 0.29) is 12.2 Å². The van der Waals surface area contributed by atoms with Crippen molar-refractivity contribution < 1.29 is 14.7 Å². The summed E-state index contributed by atoms with van der Waals surface area (Å²) in [5.74, 6) is -0.801. The molecule has 0 saturated carbocycles. The molecular formula is C13H17N5O3. The second-order valence-electron chi connectivity index (χ2n) is 4.64. The number of carboxylic acid groups (broad SMARTS) is 1. The van der Waals surface area contributed by atoms with Crippen LogP contribution in [-0.2, 0) is 17.9 Å². The number of carbonyl (C=O) groups excluding carboxylic acids is 1. The van der Waals surface area contributed by atoms with Crippen molar-refractivity contribution in [2.24, 2.45) is 0 Å². The van der Waals surface area contributed by atoms with Crippen molar-refractivity contribution in [1.29, 1.82) is 0 Å². The molecule has 8 heteroatoms. The Hall–Kier alpha value is -2.64. The van der Waals surface area contributed by atoms with Crippen LogP contribution in [0.5, 0.6) is 0 Å². The molecule has 1 amide bonds. The van der Waals surface area contributed by atoms with E-state index in [9.17, 15) is 9.59 Å². The predicted molar refractivity (Wildman–Crippen MR) is 75.1 cm³/mol. The molecule has 0 aliphatic carbocycles. The van der Waals surface area contributed by atoms with Crippen molar-refractivity contribution in [2.75, 3.05) is 5.32 Å². The molecule has 21 heavy (non-hydrogen) atoms. The fraction of sp³-hybridized carbons (Fsp3) is 0.385. The maximum atomic E-state index is 12.1. The standard InChI is InChI=1S/C13H17N5O3/c1-3-5-18-11(7-9(2)15-18)14-13(21)10-4-6-17(16-10)8-12(19)20/h4,6-7H,3,5,8H2,1-2H3,(H,14,21)(H,19,20). The number of aromatic nitrogens is 4. The summed E-state index contributed by atoms with van der Waals surface area (Å²) < 4.78 is 2.92. The number of anilines is 1. The van der Waals surface area contributed by atoms with Crippen LogP contribution in [0.15, 0.2) is 18.3 Å². The van der Waals surface area contributed by atoms with Gasteiger partial charge in [0.05, 0.1) is 5.69 Å². The largest absolute Gasteiger partial charge is 0.480 e. The average Bonchev–Trinajstić information content (AvgIpc) is 2.97. The Balaban J connectivity index is 2.10. The third-order valence-corrected chi connectivity index (χ3v) is 2.75. The Kier molecular flexibility index (Phi) is 4.36. The van der Waals surface area contributed by atoms with Crippen molar-refractivity contribution >= 4 is 17.7 Å². The molecule has 0 saturated heterocycles. The van der Waals surface area contributed by atoms with Gasteiger partial charge < -0.3 is 10.4 Å². The van der Waals surface area contributed by atoms with Crippen molar-refractivity contribution in [1.82, 2.24) is 19.6 Å². The lowest BCUT2D eigenvalue weighted by molar-refractivity contribution is -0.137. The van der Waals surface area contributed by atoms with E-state index in [0.717, 1.165) is 12.1 Å². The lowest BCUT2D eigenvalue weighted by atomic mass is 10.4. The van der Waals surface area contributed by atoms with Gasteiger partial charge in [0, 0.05) is 18.8 Å². The highest BCUT2D eigenvalue weighted by atomic mass is 16.4. The Bertz CT molecular complexity index is 659. The second-order valence-corrected chi connectivity index (χ2v) is 4.64. The first-order valence-electron chi connectivity index (χ1n) is 6.60. The first-order valence-corrected chi connectivity index (χ1v) is 6.60. The number of hydrogen-bond acceptors (Lipinski definition) is 4. The van der Waals surface area contributed by atoms with Crippen LogP contribution in [0.1, 0.15) is 29.5 Å². The molecule has 0 radical (unpaired) electrons. The highest BCUT2D eigenvalue weighted by Crippen LogP contribution is 2.12. The smallest absolute Gasteiger partial charge is 0.325 e. The van der Waals surface area contributed by atoms with Crippen LogP contribution in [0, 0.1) is 6.92 Å². The van der Waals surface area contributed by atoms with Crippen molar-refractivity contribution in [3.8, 4) is 0 Å². The predicted octanol–water partition coefficient (Wildman–Crippen LogP) is 1.13. The first kappa shape index (κ1) is 14.8. The zero-order chi connectivity index (χ0) is 15.4. The summed E-state index contributed by atoms with van der Waals surface area (Å²) in [7, 11) is 0. The molecule has 0 fully saturated rings. The topological polar surface area (TPSA) is 102 Å². The Morgan fingerprint density at radius 1 is 1.38 bits per heavy atom. The molecule has 0 unspecified atom stereocenters. The summed E-state index contributed by atoms with van der Waals surface area (Å²) >= 11 is 0. The Labute approximate surface area is 121 Å². The van der Waals surface area contributed by atoms with E-state index in [2.05, 4.69) is 15.5 Å². The normalized spacial score (nSPS) is 10.6. The minimum absolute atomic E-state index is 0.165. The van der Waals surface area contributed by atoms with Gasteiger partial charge in [0.1, 0.15) is 12.4 Å². The van der Waals surface area contributed by atoms with Crippen LogP contribution in [0.3, 0.4) is 0 Å². The molecule has 0 aromatic carbocycles. The molecule has 0 aliphatic rings. The number of amides is 1. The summed E-state index contributed by atoms with van der Waals surface area (Å²) in [6.45, 7) is 4.30. The fourth-order valence-corrected chi connectivity index (χ4v) is 1.92. The van der Waals surface area contributed by atoms with E-state index in [0.29, 0.717) is 12.4 Å². The SMILES string of the molecule is CCCn1nc(C)cc1NC(=O)c1ccn(CC(=O)O)n1. The molecule has 2 N–H and O–H groups in total. The van der Waals surface area contributed by atoms with Gasteiger partial charge in [-0.2, -0.15) is 10.2 Å². The molecule has 2 aromatic heterocycles. The number of nitrogens with zero attached hydrogens (tertiary/aromatic N) is 4. The Morgan fingerprint density at radius 3 is 2.81 bits per heavy atom. The van der Waals surface area contributed by atoms with E-state index in [1.54, 1.807) is 10.7 Å². The van der Waals surface area contributed by atoms with Crippen LogP contribution >= 0.6 is 0 Å². The molecule has 0 spiro atoms. The van der Waals surface area contributed by atoms with Crippen LogP contribution in [0.25, 0.3) is 0 Å². The molecule has 112 valence electrons. The second kappa shape index (κ2) is 6.21. The summed E-state index contributed by atoms with van der Waals surface area (Å²) in [4.78, 5) is 22.7. The van der Waals surface area contributed by atoms with Crippen molar-refractivity contribution in [3.05, 3.63) is 29.7 Å². The minimum Gasteiger partial charge on any atom is -0.480 e. The average molecular weight is 291 g/mol. The number of aryl methyl sites for hydroxylation is 2.